The van der Waals surface area contributed by atoms with Crippen molar-refractivity contribution in [3.8, 4) is 11.6 Å². The molecular weight excluding hydrogens is 274 g/mol. The zero-order valence-electron chi connectivity index (χ0n) is 11.9. The van der Waals surface area contributed by atoms with Crippen molar-refractivity contribution < 1.29 is 9.84 Å². The maximum atomic E-state index is 9.06. The number of aliphatic hydroxyl groups is 1. The minimum atomic E-state index is -0.0886. The summed E-state index contributed by atoms with van der Waals surface area (Å²) in [6.45, 7) is 6.15. The Morgan fingerprint density at radius 2 is 2.05 bits per heavy atom. The standard InChI is InChI=1S/C16H18ClNO2/c1-10(2)13-5-4-11(3)6-15(13)20-16-14(17)7-12(9-19)8-18-16/h4-8,10,19H,9H2,1-3H3. The van der Waals surface area contributed by atoms with E-state index in [4.69, 9.17) is 21.4 Å². The first kappa shape index (κ1) is 14.8. The van der Waals surface area contributed by atoms with Crippen LogP contribution >= 0.6 is 11.6 Å². The molecule has 4 heteroatoms. The Kier molecular flexibility index (Phi) is 4.63. The SMILES string of the molecule is Cc1ccc(C(C)C)c(Oc2ncc(CO)cc2Cl)c1. The van der Waals surface area contributed by atoms with Crippen molar-refractivity contribution in [2.75, 3.05) is 0 Å². The lowest BCUT2D eigenvalue weighted by molar-refractivity contribution is 0.281. The molecule has 0 fully saturated rings. The number of pyridine rings is 1. The second-order valence-electron chi connectivity index (χ2n) is 5.09. The van der Waals surface area contributed by atoms with Crippen molar-refractivity contribution in [3.63, 3.8) is 0 Å². The molecule has 2 rings (SSSR count). The van der Waals surface area contributed by atoms with Crippen molar-refractivity contribution in [2.24, 2.45) is 0 Å². The molecule has 1 N–H and O–H groups in total. The van der Waals surface area contributed by atoms with Gasteiger partial charge in [0.25, 0.3) is 0 Å². The fourth-order valence-corrected chi connectivity index (χ4v) is 2.17. The number of nitrogens with zero attached hydrogens (tertiary/aromatic N) is 1. The van der Waals surface area contributed by atoms with Crippen LogP contribution in [-0.4, -0.2) is 10.1 Å². The number of aryl methyl sites for hydroxylation is 1. The minimum absolute atomic E-state index is 0.0886. The van der Waals surface area contributed by atoms with Gasteiger partial charge in [-0.2, -0.15) is 0 Å². The molecule has 0 aliphatic heterocycles. The van der Waals surface area contributed by atoms with Gasteiger partial charge in [0, 0.05) is 6.20 Å². The lowest BCUT2D eigenvalue weighted by Crippen LogP contribution is -1.97. The van der Waals surface area contributed by atoms with E-state index in [9.17, 15) is 0 Å². The summed E-state index contributed by atoms with van der Waals surface area (Å²) in [7, 11) is 0. The molecule has 1 aromatic heterocycles. The lowest BCUT2D eigenvalue weighted by atomic mass is 10.0. The Labute approximate surface area is 124 Å². The van der Waals surface area contributed by atoms with Crippen molar-refractivity contribution in [1.82, 2.24) is 4.98 Å². The fraction of sp³-hybridized carbons (Fsp3) is 0.312. The average Bonchev–Trinajstić information content (AvgIpc) is 2.40. The number of hydrogen-bond donors (Lipinski definition) is 1. The molecule has 0 unspecified atom stereocenters. The van der Waals surface area contributed by atoms with Gasteiger partial charge in [-0.25, -0.2) is 4.98 Å². The highest BCUT2D eigenvalue weighted by Crippen LogP contribution is 2.33. The molecule has 106 valence electrons. The summed E-state index contributed by atoms with van der Waals surface area (Å²) >= 11 is 6.13. The van der Waals surface area contributed by atoms with Crippen LogP contribution in [0.2, 0.25) is 5.02 Å². The summed E-state index contributed by atoms with van der Waals surface area (Å²) in [6, 6.07) is 7.76. The molecule has 0 aliphatic carbocycles. The number of rotatable bonds is 4. The largest absolute Gasteiger partial charge is 0.437 e. The fourth-order valence-electron chi connectivity index (χ4n) is 1.94. The highest BCUT2D eigenvalue weighted by Gasteiger charge is 2.12. The van der Waals surface area contributed by atoms with Crippen LogP contribution in [0.5, 0.6) is 11.6 Å². The van der Waals surface area contributed by atoms with Crippen molar-refractivity contribution >= 4 is 11.6 Å². The quantitative estimate of drug-likeness (QED) is 0.905. The Balaban J connectivity index is 2.36. The number of ether oxygens (including phenoxy) is 1. The van der Waals surface area contributed by atoms with Gasteiger partial charge in [0.2, 0.25) is 5.88 Å². The molecule has 0 radical (unpaired) electrons. The first-order valence-corrected chi connectivity index (χ1v) is 6.92. The molecule has 3 nitrogen and oxygen atoms in total. The first-order chi connectivity index (χ1) is 9.51. The van der Waals surface area contributed by atoms with Crippen molar-refractivity contribution in [3.05, 3.63) is 52.2 Å². The Hall–Kier alpha value is -1.58. The summed E-state index contributed by atoms with van der Waals surface area (Å²) in [4.78, 5) is 4.16. The summed E-state index contributed by atoms with van der Waals surface area (Å²) in [5.41, 5.74) is 2.89. The molecule has 0 atom stereocenters. The lowest BCUT2D eigenvalue weighted by Gasteiger charge is -2.14. The summed E-state index contributed by atoms with van der Waals surface area (Å²) in [5.74, 6) is 1.48. The number of halogens is 1. The van der Waals surface area contributed by atoms with E-state index in [2.05, 4.69) is 31.0 Å². The second kappa shape index (κ2) is 6.25. The third kappa shape index (κ3) is 3.30. The van der Waals surface area contributed by atoms with Crippen LogP contribution in [0.4, 0.5) is 0 Å². The highest BCUT2D eigenvalue weighted by molar-refractivity contribution is 6.31. The molecule has 0 aliphatic rings. The number of benzene rings is 1. The van der Waals surface area contributed by atoms with Gasteiger partial charge in [0.1, 0.15) is 10.8 Å². The van der Waals surface area contributed by atoms with Gasteiger partial charge in [0.15, 0.2) is 0 Å². The molecule has 0 saturated heterocycles. The zero-order chi connectivity index (χ0) is 14.7. The second-order valence-corrected chi connectivity index (χ2v) is 5.49. The van der Waals surface area contributed by atoms with Crippen molar-refractivity contribution in [2.45, 2.75) is 33.3 Å². The van der Waals surface area contributed by atoms with Crippen molar-refractivity contribution in [1.29, 1.82) is 0 Å². The topological polar surface area (TPSA) is 42.4 Å². The Morgan fingerprint density at radius 1 is 1.30 bits per heavy atom. The molecule has 0 saturated carbocycles. The van der Waals surface area contributed by atoms with Crippen LogP contribution in [0, 0.1) is 6.92 Å². The van der Waals surface area contributed by atoms with E-state index >= 15 is 0 Å². The minimum Gasteiger partial charge on any atom is -0.437 e. The van der Waals surface area contributed by atoms with Gasteiger partial charge >= 0.3 is 0 Å². The van der Waals surface area contributed by atoms with Crippen LogP contribution < -0.4 is 4.74 Å². The molecule has 0 bridgehead atoms. The van der Waals surface area contributed by atoms with E-state index in [0.29, 0.717) is 22.4 Å². The van der Waals surface area contributed by atoms with Gasteiger partial charge in [-0.3, -0.25) is 0 Å². The predicted octanol–water partition coefficient (Wildman–Crippen LogP) is 4.45. The van der Waals surface area contributed by atoms with Crippen LogP contribution in [0.25, 0.3) is 0 Å². The number of aromatic nitrogens is 1. The Morgan fingerprint density at radius 3 is 2.65 bits per heavy atom. The highest BCUT2D eigenvalue weighted by atomic mass is 35.5. The third-order valence-electron chi connectivity index (χ3n) is 3.04. The normalized spacial score (nSPS) is 10.9. The predicted molar refractivity (Wildman–Crippen MR) is 80.5 cm³/mol. The van der Waals surface area contributed by atoms with E-state index in [-0.39, 0.29) is 6.61 Å². The molecule has 2 aromatic rings. The molecule has 1 heterocycles. The average molecular weight is 292 g/mol. The van der Waals surface area contributed by atoms with E-state index in [1.807, 2.05) is 13.0 Å². The molecule has 0 amide bonds. The van der Waals surface area contributed by atoms with E-state index < -0.39 is 0 Å². The van der Waals surface area contributed by atoms with Gasteiger partial charge < -0.3 is 9.84 Å². The van der Waals surface area contributed by atoms with E-state index in [1.54, 1.807) is 12.3 Å². The smallest absolute Gasteiger partial charge is 0.238 e. The molecule has 0 spiro atoms. The maximum absolute atomic E-state index is 9.06. The van der Waals surface area contributed by atoms with Gasteiger partial charge in [-0.15, -0.1) is 0 Å². The van der Waals surface area contributed by atoms with Crippen LogP contribution in [-0.2, 0) is 6.61 Å². The summed E-state index contributed by atoms with van der Waals surface area (Å²) < 4.78 is 5.86. The van der Waals surface area contributed by atoms with Crippen LogP contribution in [0.1, 0.15) is 36.5 Å². The van der Waals surface area contributed by atoms with Gasteiger partial charge in [0.05, 0.1) is 6.61 Å². The molecule has 20 heavy (non-hydrogen) atoms. The summed E-state index contributed by atoms with van der Waals surface area (Å²) in [5, 5.41) is 9.45. The van der Waals surface area contributed by atoms with Crippen LogP contribution in [0.3, 0.4) is 0 Å². The number of aliphatic hydroxyl groups excluding tert-OH is 1. The monoisotopic (exact) mass is 291 g/mol. The van der Waals surface area contributed by atoms with Gasteiger partial charge in [-0.05, 0) is 41.7 Å². The summed E-state index contributed by atoms with van der Waals surface area (Å²) in [6.07, 6.45) is 1.56. The van der Waals surface area contributed by atoms with E-state index in [0.717, 1.165) is 16.9 Å². The maximum Gasteiger partial charge on any atom is 0.238 e. The number of hydrogen-bond acceptors (Lipinski definition) is 3. The zero-order valence-corrected chi connectivity index (χ0v) is 12.6. The molecule has 1 aromatic carbocycles. The molecular formula is C16H18ClNO2. The first-order valence-electron chi connectivity index (χ1n) is 6.55. The van der Waals surface area contributed by atoms with Crippen LogP contribution in [0.15, 0.2) is 30.5 Å². The van der Waals surface area contributed by atoms with Gasteiger partial charge in [-0.1, -0.05) is 37.6 Å². The van der Waals surface area contributed by atoms with E-state index in [1.165, 1.54) is 0 Å². The third-order valence-corrected chi connectivity index (χ3v) is 3.32. The Bertz CT molecular complexity index is 611.